The zero-order valence-electron chi connectivity index (χ0n) is 15.2. The van der Waals surface area contributed by atoms with Crippen molar-refractivity contribution < 1.29 is 9.90 Å². The van der Waals surface area contributed by atoms with Crippen LogP contribution in [0.4, 0.5) is 10.5 Å². The Morgan fingerprint density at radius 2 is 2.00 bits per heavy atom. The van der Waals surface area contributed by atoms with Gasteiger partial charge in [-0.25, -0.2) is 4.79 Å². The van der Waals surface area contributed by atoms with Crippen molar-refractivity contribution >= 4 is 11.7 Å². The Bertz CT molecular complexity index is 808. The summed E-state index contributed by atoms with van der Waals surface area (Å²) in [5.74, 6) is 0.680. The molecule has 136 valence electrons. The molecule has 1 aliphatic heterocycles. The molecular weight excluding hydrogens is 326 g/mol. The number of benzene rings is 2. The van der Waals surface area contributed by atoms with Crippen molar-refractivity contribution in [2.24, 2.45) is 0 Å². The van der Waals surface area contributed by atoms with Crippen LogP contribution in [0.15, 0.2) is 48.5 Å². The van der Waals surface area contributed by atoms with E-state index in [9.17, 15) is 9.90 Å². The zero-order valence-corrected chi connectivity index (χ0v) is 15.2. The molecule has 0 bridgehead atoms. The number of anilines is 1. The number of hydrogen-bond acceptors (Lipinski definition) is 3. The molecule has 26 heavy (non-hydrogen) atoms. The molecule has 5 heteroatoms. The Morgan fingerprint density at radius 1 is 1.23 bits per heavy atom. The van der Waals surface area contributed by atoms with Gasteiger partial charge in [0.25, 0.3) is 0 Å². The number of likely N-dealkylation sites (N-methyl/N-ethyl adjacent to an activating group) is 1. The maximum absolute atomic E-state index is 12.7. The molecule has 5 nitrogen and oxygen atoms in total. The van der Waals surface area contributed by atoms with Crippen molar-refractivity contribution in [3.05, 3.63) is 59.7 Å². The molecule has 2 aromatic carbocycles. The smallest absolute Gasteiger partial charge is 0.317 e. The molecule has 0 aromatic heterocycles. The monoisotopic (exact) mass is 351 g/mol. The zero-order chi connectivity index (χ0) is 18.3. The topological polar surface area (TPSA) is 55.8 Å². The lowest BCUT2D eigenvalue weighted by atomic mass is 9.97. The fourth-order valence-electron chi connectivity index (χ4n) is 4.54. The predicted molar refractivity (Wildman–Crippen MR) is 103 cm³/mol. The Kier molecular flexibility index (Phi) is 4.23. The number of carbonyl (C=O) groups excluding carboxylic acids is 1. The first-order valence-corrected chi connectivity index (χ1v) is 9.16. The third kappa shape index (κ3) is 2.87. The summed E-state index contributed by atoms with van der Waals surface area (Å²) < 4.78 is 0. The molecule has 0 radical (unpaired) electrons. The van der Waals surface area contributed by atoms with E-state index in [1.54, 1.807) is 11.0 Å². The van der Waals surface area contributed by atoms with Crippen molar-refractivity contribution in [2.45, 2.75) is 37.4 Å². The normalized spacial score (nSPS) is 23.5. The second kappa shape index (κ2) is 6.56. The predicted octanol–water partition coefficient (Wildman–Crippen LogP) is 3.30. The minimum absolute atomic E-state index is 0.0355. The number of phenolic OH excluding ortho intramolecular Hbond substituents is 1. The van der Waals surface area contributed by atoms with Gasteiger partial charge in [0.2, 0.25) is 0 Å². The summed E-state index contributed by atoms with van der Waals surface area (Å²) in [6.45, 7) is 0.595. The number of phenols is 1. The fourth-order valence-corrected chi connectivity index (χ4v) is 4.54. The molecule has 2 N–H and O–H groups in total. The van der Waals surface area contributed by atoms with Gasteiger partial charge in [-0.2, -0.15) is 0 Å². The summed E-state index contributed by atoms with van der Waals surface area (Å²) in [7, 11) is 3.92. The molecular formula is C21H25N3O2. The van der Waals surface area contributed by atoms with Crippen LogP contribution in [0.5, 0.6) is 5.75 Å². The highest BCUT2D eigenvalue weighted by Crippen LogP contribution is 2.49. The second-order valence-corrected chi connectivity index (χ2v) is 7.43. The number of nitrogens with zero attached hydrogens (tertiary/aromatic N) is 2. The van der Waals surface area contributed by atoms with Crippen LogP contribution >= 0.6 is 0 Å². The third-order valence-corrected chi connectivity index (χ3v) is 5.77. The molecule has 2 aromatic rings. The van der Waals surface area contributed by atoms with Crippen LogP contribution in [0, 0.1) is 0 Å². The van der Waals surface area contributed by atoms with Crippen molar-refractivity contribution in [3.63, 3.8) is 0 Å². The van der Waals surface area contributed by atoms with Gasteiger partial charge >= 0.3 is 6.03 Å². The molecule has 4 rings (SSSR count). The van der Waals surface area contributed by atoms with E-state index < -0.39 is 0 Å². The quantitative estimate of drug-likeness (QED) is 0.892. The number of amides is 2. The van der Waals surface area contributed by atoms with E-state index in [1.807, 2.05) is 49.5 Å². The van der Waals surface area contributed by atoms with Crippen LogP contribution in [0.1, 0.15) is 29.9 Å². The first-order chi connectivity index (χ1) is 12.5. The Labute approximate surface area is 154 Å². The SMILES string of the molecule is CN(Cc1ccccc1)C(=O)NC1CCC2c3cc(O)ccc3N(C)C12. The fraction of sp³-hybridized carbons (Fsp3) is 0.381. The maximum Gasteiger partial charge on any atom is 0.317 e. The van der Waals surface area contributed by atoms with Crippen molar-refractivity contribution in [2.75, 3.05) is 19.0 Å². The molecule has 2 aliphatic rings. The standard InChI is InChI=1S/C21H25N3O2/c1-23(13-14-6-4-3-5-7-14)21(26)22-18-10-9-16-17-12-15(25)8-11-19(17)24(2)20(16)18/h3-8,11-12,16,18,20,25H,9-10,13H2,1-2H3,(H,22,26). The van der Waals surface area contributed by atoms with Crippen LogP contribution in [-0.2, 0) is 6.54 Å². The summed E-state index contributed by atoms with van der Waals surface area (Å²) in [5.41, 5.74) is 3.48. The van der Waals surface area contributed by atoms with Crippen molar-refractivity contribution in [3.8, 4) is 5.75 Å². The molecule has 1 heterocycles. The van der Waals surface area contributed by atoms with E-state index in [1.165, 1.54) is 5.56 Å². The Morgan fingerprint density at radius 3 is 2.77 bits per heavy atom. The third-order valence-electron chi connectivity index (χ3n) is 5.77. The highest BCUT2D eigenvalue weighted by molar-refractivity contribution is 5.75. The van der Waals surface area contributed by atoms with Gasteiger partial charge in [0.05, 0.1) is 12.1 Å². The maximum atomic E-state index is 12.7. The molecule has 3 atom stereocenters. The van der Waals surface area contributed by atoms with E-state index in [4.69, 9.17) is 0 Å². The first-order valence-electron chi connectivity index (χ1n) is 9.16. The van der Waals surface area contributed by atoms with Gasteiger partial charge < -0.3 is 20.2 Å². The Balaban J connectivity index is 1.44. The highest BCUT2D eigenvalue weighted by Gasteiger charge is 2.46. The molecule has 2 amide bonds. The largest absolute Gasteiger partial charge is 0.508 e. The summed E-state index contributed by atoms with van der Waals surface area (Å²) >= 11 is 0. The van der Waals surface area contributed by atoms with Gasteiger partial charge in [0.1, 0.15) is 5.75 Å². The van der Waals surface area contributed by atoms with Crippen LogP contribution in [-0.4, -0.2) is 42.2 Å². The van der Waals surface area contributed by atoms with Crippen LogP contribution in [0.3, 0.4) is 0 Å². The minimum atomic E-state index is -0.0355. The number of hydrogen-bond donors (Lipinski definition) is 2. The van der Waals surface area contributed by atoms with E-state index in [0.717, 1.165) is 24.1 Å². The van der Waals surface area contributed by atoms with Gasteiger partial charge in [-0.1, -0.05) is 30.3 Å². The molecule has 3 unspecified atom stereocenters. The van der Waals surface area contributed by atoms with Gasteiger partial charge in [0.15, 0.2) is 0 Å². The van der Waals surface area contributed by atoms with E-state index >= 15 is 0 Å². The lowest BCUT2D eigenvalue weighted by molar-refractivity contribution is 0.201. The highest BCUT2D eigenvalue weighted by atomic mass is 16.3. The molecule has 1 saturated carbocycles. The van der Waals surface area contributed by atoms with Crippen molar-refractivity contribution in [1.82, 2.24) is 10.2 Å². The van der Waals surface area contributed by atoms with Crippen molar-refractivity contribution in [1.29, 1.82) is 0 Å². The lowest BCUT2D eigenvalue weighted by Gasteiger charge is -2.30. The summed E-state index contributed by atoms with van der Waals surface area (Å²) in [4.78, 5) is 16.7. The average molecular weight is 351 g/mol. The number of rotatable bonds is 3. The molecule has 1 aliphatic carbocycles. The minimum Gasteiger partial charge on any atom is -0.508 e. The summed E-state index contributed by atoms with van der Waals surface area (Å²) in [6.07, 6.45) is 1.98. The lowest BCUT2D eigenvalue weighted by Crippen LogP contribution is -2.50. The van der Waals surface area contributed by atoms with Crippen LogP contribution in [0.25, 0.3) is 0 Å². The number of aromatic hydroxyl groups is 1. The van der Waals surface area contributed by atoms with Crippen LogP contribution in [0.2, 0.25) is 0 Å². The second-order valence-electron chi connectivity index (χ2n) is 7.43. The molecule has 0 spiro atoms. The first kappa shape index (κ1) is 16.8. The van der Waals surface area contributed by atoms with E-state index in [0.29, 0.717) is 18.2 Å². The summed E-state index contributed by atoms with van der Waals surface area (Å²) in [6, 6.07) is 15.9. The Hall–Kier alpha value is -2.69. The van der Waals surface area contributed by atoms with Gasteiger partial charge in [-0.3, -0.25) is 0 Å². The molecule has 1 fully saturated rings. The average Bonchev–Trinajstić information content (AvgIpc) is 3.16. The van der Waals surface area contributed by atoms with Gasteiger partial charge in [-0.05, 0) is 42.2 Å². The number of fused-ring (bicyclic) bond motifs is 3. The number of urea groups is 1. The number of carbonyl (C=O) groups is 1. The van der Waals surface area contributed by atoms with Gasteiger partial charge in [0, 0.05) is 32.2 Å². The van der Waals surface area contributed by atoms with E-state index in [2.05, 4.69) is 17.3 Å². The van der Waals surface area contributed by atoms with Crippen LogP contribution < -0.4 is 10.2 Å². The summed E-state index contributed by atoms with van der Waals surface area (Å²) in [5, 5.41) is 13.1. The number of nitrogens with one attached hydrogen (secondary N) is 1. The molecule has 0 saturated heterocycles. The van der Waals surface area contributed by atoms with E-state index in [-0.39, 0.29) is 18.1 Å². The van der Waals surface area contributed by atoms with Gasteiger partial charge in [-0.15, -0.1) is 0 Å².